The predicted octanol–water partition coefficient (Wildman–Crippen LogP) is 3.73. The van der Waals surface area contributed by atoms with Crippen molar-refractivity contribution in [3.63, 3.8) is 0 Å². The average Bonchev–Trinajstić information content (AvgIpc) is 2.77. The molecule has 7 nitrogen and oxygen atoms in total. The SMILES string of the molecule is CC(C)NC(=O)N(CCN1CCN(C(=O)Nc2cccc(F)c2)CC1)Cc1ccc(F)cc1. The van der Waals surface area contributed by atoms with E-state index in [9.17, 15) is 18.4 Å². The van der Waals surface area contributed by atoms with Gasteiger partial charge in [0, 0.05) is 57.5 Å². The van der Waals surface area contributed by atoms with Crippen molar-refractivity contribution in [2.75, 3.05) is 44.6 Å². The molecule has 2 aromatic rings. The maximum Gasteiger partial charge on any atom is 0.321 e. The van der Waals surface area contributed by atoms with Gasteiger partial charge in [-0.15, -0.1) is 0 Å². The van der Waals surface area contributed by atoms with Crippen LogP contribution in [0.15, 0.2) is 48.5 Å². The highest BCUT2D eigenvalue weighted by atomic mass is 19.1. The van der Waals surface area contributed by atoms with E-state index >= 15 is 0 Å². The van der Waals surface area contributed by atoms with E-state index in [1.165, 1.54) is 24.3 Å². The Morgan fingerprint density at radius 3 is 2.33 bits per heavy atom. The quantitative estimate of drug-likeness (QED) is 0.663. The summed E-state index contributed by atoms with van der Waals surface area (Å²) in [5.74, 6) is -0.708. The summed E-state index contributed by atoms with van der Waals surface area (Å²) in [6, 6.07) is 11.5. The van der Waals surface area contributed by atoms with Crippen LogP contribution in [0.25, 0.3) is 0 Å². The summed E-state index contributed by atoms with van der Waals surface area (Å²) in [6.45, 7) is 7.78. The van der Waals surface area contributed by atoms with Crippen LogP contribution in [0.3, 0.4) is 0 Å². The van der Waals surface area contributed by atoms with Gasteiger partial charge >= 0.3 is 12.1 Å². The van der Waals surface area contributed by atoms with E-state index in [1.54, 1.807) is 34.1 Å². The van der Waals surface area contributed by atoms with Gasteiger partial charge in [0.15, 0.2) is 0 Å². The van der Waals surface area contributed by atoms with Gasteiger partial charge in [0.1, 0.15) is 11.6 Å². The molecule has 1 saturated heterocycles. The second-order valence-electron chi connectivity index (χ2n) is 8.42. The number of piperazine rings is 1. The standard InChI is InChI=1S/C24H31F2N5O2/c1-18(2)27-23(32)31(17-19-6-8-20(25)9-7-19)15-12-29-10-13-30(14-11-29)24(33)28-22-5-3-4-21(26)16-22/h3-9,16,18H,10-15,17H2,1-2H3,(H,27,32)(H,28,33). The Labute approximate surface area is 193 Å². The maximum absolute atomic E-state index is 13.3. The summed E-state index contributed by atoms with van der Waals surface area (Å²) in [5, 5.41) is 5.64. The molecule has 1 fully saturated rings. The first-order valence-electron chi connectivity index (χ1n) is 11.1. The Balaban J connectivity index is 1.50. The molecule has 0 unspecified atom stereocenters. The number of amides is 4. The Kier molecular flexibility index (Phi) is 8.59. The van der Waals surface area contributed by atoms with Gasteiger partial charge in [-0.05, 0) is 49.7 Å². The number of hydrogen-bond acceptors (Lipinski definition) is 3. The van der Waals surface area contributed by atoms with E-state index in [2.05, 4.69) is 15.5 Å². The molecule has 178 valence electrons. The second-order valence-corrected chi connectivity index (χ2v) is 8.42. The zero-order valence-corrected chi connectivity index (χ0v) is 19.1. The topological polar surface area (TPSA) is 67.9 Å². The molecule has 1 heterocycles. The van der Waals surface area contributed by atoms with Gasteiger partial charge in [0.25, 0.3) is 0 Å². The number of benzene rings is 2. The molecule has 0 saturated carbocycles. The maximum atomic E-state index is 13.3. The molecule has 0 atom stereocenters. The van der Waals surface area contributed by atoms with Crippen LogP contribution in [0.4, 0.5) is 24.1 Å². The molecule has 3 rings (SSSR count). The summed E-state index contributed by atoms with van der Waals surface area (Å²) < 4.78 is 26.5. The van der Waals surface area contributed by atoms with E-state index in [0.717, 1.165) is 5.56 Å². The molecule has 0 radical (unpaired) electrons. The van der Waals surface area contributed by atoms with Gasteiger partial charge in [0.05, 0.1) is 0 Å². The van der Waals surface area contributed by atoms with Gasteiger partial charge < -0.3 is 20.4 Å². The minimum atomic E-state index is -0.399. The molecular weight excluding hydrogens is 428 g/mol. The fourth-order valence-electron chi connectivity index (χ4n) is 3.61. The monoisotopic (exact) mass is 459 g/mol. The van der Waals surface area contributed by atoms with Crippen molar-refractivity contribution in [2.45, 2.75) is 26.4 Å². The normalized spacial score (nSPS) is 14.3. The van der Waals surface area contributed by atoms with Crippen LogP contribution in [0.2, 0.25) is 0 Å². The van der Waals surface area contributed by atoms with E-state index in [1.807, 2.05) is 13.8 Å². The highest BCUT2D eigenvalue weighted by Gasteiger charge is 2.23. The van der Waals surface area contributed by atoms with Crippen LogP contribution >= 0.6 is 0 Å². The van der Waals surface area contributed by atoms with Crippen LogP contribution in [0, 0.1) is 11.6 Å². The third-order valence-electron chi connectivity index (χ3n) is 5.41. The number of carbonyl (C=O) groups excluding carboxylic acids is 2. The van der Waals surface area contributed by atoms with E-state index in [4.69, 9.17) is 0 Å². The predicted molar refractivity (Wildman–Crippen MR) is 124 cm³/mol. The molecule has 9 heteroatoms. The number of nitrogens with one attached hydrogen (secondary N) is 2. The smallest absolute Gasteiger partial charge is 0.321 e. The average molecular weight is 460 g/mol. The number of halogens is 2. The van der Waals surface area contributed by atoms with E-state index in [-0.39, 0.29) is 23.9 Å². The number of anilines is 1. The lowest BCUT2D eigenvalue weighted by Gasteiger charge is -2.36. The number of urea groups is 2. The summed E-state index contributed by atoms with van der Waals surface area (Å²) in [6.07, 6.45) is 0. The highest BCUT2D eigenvalue weighted by molar-refractivity contribution is 5.89. The van der Waals surface area contributed by atoms with Crippen molar-refractivity contribution in [3.8, 4) is 0 Å². The summed E-state index contributed by atoms with van der Waals surface area (Å²) in [7, 11) is 0. The van der Waals surface area contributed by atoms with Crippen LogP contribution in [0.5, 0.6) is 0 Å². The fourth-order valence-corrected chi connectivity index (χ4v) is 3.61. The first kappa shape index (κ1) is 24.4. The molecule has 1 aliphatic rings. The zero-order chi connectivity index (χ0) is 23.8. The lowest BCUT2D eigenvalue weighted by Crippen LogP contribution is -2.52. The number of nitrogens with zero attached hydrogens (tertiary/aromatic N) is 3. The minimum Gasteiger partial charge on any atom is -0.336 e. The fraction of sp³-hybridized carbons (Fsp3) is 0.417. The van der Waals surface area contributed by atoms with Crippen molar-refractivity contribution in [2.24, 2.45) is 0 Å². The van der Waals surface area contributed by atoms with Crippen LogP contribution in [-0.4, -0.2) is 72.1 Å². The van der Waals surface area contributed by atoms with Crippen LogP contribution in [0.1, 0.15) is 19.4 Å². The van der Waals surface area contributed by atoms with E-state index < -0.39 is 5.82 Å². The lowest BCUT2D eigenvalue weighted by molar-refractivity contribution is 0.133. The van der Waals surface area contributed by atoms with Crippen molar-refractivity contribution >= 4 is 17.7 Å². The van der Waals surface area contributed by atoms with Gasteiger partial charge in [-0.3, -0.25) is 4.90 Å². The third-order valence-corrected chi connectivity index (χ3v) is 5.41. The zero-order valence-electron chi connectivity index (χ0n) is 19.1. The molecule has 0 aromatic heterocycles. The molecule has 0 bridgehead atoms. The molecule has 2 N–H and O–H groups in total. The Morgan fingerprint density at radius 1 is 1.00 bits per heavy atom. The highest BCUT2D eigenvalue weighted by Crippen LogP contribution is 2.12. The second kappa shape index (κ2) is 11.6. The molecular formula is C24H31F2N5O2. The molecule has 33 heavy (non-hydrogen) atoms. The summed E-state index contributed by atoms with van der Waals surface area (Å²) in [4.78, 5) is 30.7. The molecule has 2 aromatic carbocycles. The van der Waals surface area contributed by atoms with Crippen molar-refractivity contribution in [3.05, 3.63) is 65.7 Å². The van der Waals surface area contributed by atoms with Gasteiger partial charge in [-0.1, -0.05) is 18.2 Å². The Bertz CT molecular complexity index is 931. The molecule has 4 amide bonds. The van der Waals surface area contributed by atoms with E-state index in [0.29, 0.717) is 51.5 Å². The number of rotatable bonds is 7. The molecule has 0 aliphatic carbocycles. The van der Waals surface area contributed by atoms with Crippen molar-refractivity contribution in [1.29, 1.82) is 0 Å². The van der Waals surface area contributed by atoms with Crippen LogP contribution < -0.4 is 10.6 Å². The number of carbonyl (C=O) groups is 2. The Hall–Kier alpha value is -3.20. The van der Waals surface area contributed by atoms with Crippen LogP contribution in [-0.2, 0) is 6.54 Å². The Morgan fingerprint density at radius 2 is 1.70 bits per heavy atom. The van der Waals surface area contributed by atoms with Crippen molar-refractivity contribution < 1.29 is 18.4 Å². The van der Waals surface area contributed by atoms with Gasteiger partial charge in [-0.2, -0.15) is 0 Å². The first-order valence-corrected chi connectivity index (χ1v) is 11.1. The summed E-state index contributed by atoms with van der Waals surface area (Å²) in [5.41, 5.74) is 1.28. The first-order chi connectivity index (χ1) is 15.8. The van der Waals surface area contributed by atoms with Gasteiger partial charge in [0.2, 0.25) is 0 Å². The minimum absolute atomic E-state index is 0.00775. The number of hydrogen-bond donors (Lipinski definition) is 2. The molecule has 1 aliphatic heterocycles. The molecule has 0 spiro atoms. The van der Waals surface area contributed by atoms with Gasteiger partial charge in [-0.25, -0.2) is 18.4 Å². The van der Waals surface area contributed by atoms with Crippen molar-refractivity contribution in [1.82, 2.24) is 20.0 Å². The largest absolute Gasteiger partial charge is 0.336 e. The lowest BCUT2D eigenvalue weighted by atomic mass is 10.2. The third kappa shape index (κ3) is 7.71. The summed E-state index contributed by atoms with van der Waals surface area (Å²) >= 11 is 0.